The van der Waals surface area contributed by atoms with Crippen LogP contribution < -0.4 is 9.62 Å². The molecule has 6 nitrogen and oxygen atoms in total. The normalized spacial score (nSPS) is 11.1. The molecule has 0 bridgehead atoms. The summed E-state index contributed by atoms with van der Waals surface area (Å²) in [5.74, 6) is -0.111. The summed E-state index contributed by atoms with van der Waals surface area (Å²) in [5, 5.41) is 0. The minimum absolute atomic E-state index is 0.111. The molecular weight excluding hydrogens is 362 g/mol. The molecule has 0 aliphatic heterocycles. The Morgan fingerprint density at radius 2 is 1.56 bits per heavy atom. The average molecular weight is 390 g/mol. The molecule has 146 valence electrons. The van der Waals surface area contributed by atoms with Crippen molar-refractivity contribution in [3.8, 4) is 0 Å². The van der Waals surface area contributed by atoms with Gasteiger partial charge in [0.05, 0.1) is 4.90 Å². The van der Waals surface area contributed by atoms with Gasteiger partial charge in [0.1, 0.15) is 0 Å². The maximum absolute atomic E-state index is 12.6. The van der Waals surface area contributed by atoms with Crippen LogP contribution in [0.4, 0.5) is 11.4 Å². The number of amides is 1. The monoisotopic (exact) mass is 389 g/mol. The summed E-state index contributed by atoms with van der Waals surface area (Å²) in [6.07, 6.45) is 1.95. The Balaban J connectivity index is 2.11. The zero-order valence-corrected chi connectivity index (χ0v) is 17.1. The topological polar surface area (TPSA) is 69.7 Å². The second-order valence-electron chi connectivity index (χ2n) is 6.65. The number of rotatable bonds is 8. The molecule has 7 heteroatoms. The van der Waals surface area contributed by atoms with E-state index in [1.54, 1.807) is 36.2 Å². The van der Waals surface area contributed by atoms with Gasteiger partial charge in [0, 0.05) is 44.6 Å². The van der Waals surface area contributed by atoms with E-state index >= 15 is 0 Å². The molecule has 1 amide bonds. The summed E-state index contributed by atoms with van der Waals surface area (Å²) in [7, 11) is 1.88. The van der Waals surface area contributed by atoms with Crippen molar-refractivity contribution < 1.29 is 13.2 Å². The molecule has 0 heterocycles. The molecule has 0 saturated heterocycles. The Kier molecular flexibility index (Phi) is 6.85. The fraction of sp³-hybridized carbons (Fsp3) is 0.350. The number of carbonyl (C=O) groups is 1. The van der Waals surface area contributed by atoms with Gasteiger partial charge in [-0.2, -0.15) is 0 Å². The molecule has 0 spiro atoms. The summed E-state index contributed by atoms with van der Waals surface area (Å²) >= 11 is 0. The molecule has 1 N–H and O–H groups in total. The molecule has 0 fully saturated rings. The first-order valence-corrected chi connectivity index (χ1v) is 10.4. The lowest BCUT2D eigenvalue weighted by atomic mass is 10.2. The largest absolute Gasteiger partial charge is 0.378 e. The van der Waals surface area contributed by atoms with Crippen molar-refractivity contribution in [3.63, 3.8) is 0 Å². The lowest BCUT2D eigenvalue weighted by Crippen LogP contribution is -2.27. The van der Waals surface area contributed by atoms with Crippen molar-refractivity contribution in [2.24, 2.45) is 0 Å². The van der Waals surface area contributed by atoms with Crippen LogP contribution >= 0.6 is 0 Å². The van der Waals surface area contributed by atoms with Crippen molar-refractivity contribution in [2.75, 3.05) is 37.3 Å². The van der Waals surface area contributed by atoms with E-state index in [-0.39, 0.29) is 10.8 Å². The van der Waals surface area contributed by atoms with E-state index in [2.05, 4.69) is 11.6 Å². The van der Waals surface area contributed by atoms with Gasteiger partial charge < -0.3 is 9.80 Å². The second kappa shape index (κ2) is 8.90. The standard InChI is InChI=1S/C20H27N3O3S/c1-5-6-15-23(4)20(24)16-7-13-19(14-8-16)27(25,26)21-17-9-11-18(12-10-17)22(2)3/h7-14,21H,5-6,15H2,1-4H3. The smallest absolute Gasteiger partial charge is 0.261 e. The summed E-state index contributed by atoms with van der Waals surface area (Å²) in [6.45, 7) is 2.75. The summed E-state index contributed by atoms with van der Waals surface area (Å²) < 4.78 is 27.7. The molecule has 0 atom stereocenters. The number of benzene rings is 2. The number of hydrogen-bond donors (Lipinski definition) is 1. The molecule has 0 unspecified atom stereocenters. The van der Waals surface area contributed by atoms with Crippen molar-refractivity contribution >= 4 is 27.3 Å². The lowest BCUT2D eigenvalue weighted by Gasteiger charge is -2.17. The van der Waals surface area contributed by atoms with Crippen molar-refractivity contribution in [2.45, 2.75) is 24.7 Å². The highest BCUT2D eigenvalue weighted by molar-refractivity contribution is 7.92. The lowest BCUT2D eigenvalue weighted by molar-refractivity contribution is 0.0793. The number of hydrogen-bond acceptors (Lipinski definition) is 4. The van der Waals surface area contributed by atoms with Gasteiger partial charge in [-0.1, -0.05) is 13.3 Å². The van der Waals surface area contributed by atoms with Crippen molar-refractivity contribution in [1.29, 1.82) is 0 Å². The average Bonchev–Trinajstić information content (AvgIpc) is 2.65. The molecule has 27 heavy (non-hydrogen) atoms. The van der Waals surface area contributed by atoms with Crippen LogP contribution in [0, 0.1) is 0 Å². The number of sulfonamides is 1. The molecule has 0 aromatic heterocycles. The molecule has 2 aromatic rings. The van der Waals surface area contributed by atoms with Gasteiger partial charge >= 0.3 is 0 Å². The predicted octanol–water partition coefficient (Wildman–Crippen LogP) is 3.43. The third-order valence-corrected chi connectivity index (χ3v) is 5.64. The highest BCUT2D eigenvalue weighted by Gasteiger charge is 2.16. The van der Waals surface area contributed by atoms with Crippen LogP contribution in [0.25, 0.3) is 0 Å². The SMILES string of the molecule is CCCCN(C)C(=O)c1ccc(S(=O)(=O)Nc2ccc(N(C)C)cc2)cc1. The van der Waals surface area contributed by atoms with Crippen LogP contribution in [-0.2, 0) is 10.0 Å². The first-order valence-electron chi connectivity index (χ1n) is 8.90. The Morgan fingerprint density at radius 1 is 0.963 bits per heavy atom. The quantitative estimate of drug-likeness (QED) is 0.751. The van der Waals surface area contributed by atoms with Crippen LogP contribution in [0.1, 0.15) is 30.1 Å². The highest BCUT2D eigenvalue weighted by atomic mass is 32.2. The van der Waals surface area contributed by atoms with Gasteiger partial charge in [0.2, 0.25) is 0 Å². The molecule has 0 radical (unpaired) electrons. The van der Waals surface area contributed by atoms with E-state index in [4.69, 9.17) is 0 Å². The van der Waals surface area contributed by atoms with Crippen molar-refractivity contribution in [1.82, 2.24) is 4.90 Å². The van der Waals surface area contributed by atoms with Gasteiger partial charge in [-0.05, 0) is 55.0 Å². The maximum Gasteiger partial charge on any atom is 0.261 e. The van der Waals surface area contributed by atoms with Gasteiger partial charge in [-0.25, -0.2) is 8.42 Å². The summed E-state index contributed by atoms with van der Waals surface area (Å²) in [5.41, 5.74) is 1.94. The molecule has 2 aromatic carbocycles. The molecule has 0 aliphatic carbocycles. The minimum Gasteiger partial charge on any atom is -0.378 e. The third kappa shape index (κ3) is 5.47. The summed E-state index contributed by atoms with van der Waals surface area (Å²) in [6, 6.07) is 13.1. The van der Waals surface area contributed by atoms with Crippen LogP contribution in [-0.4, -0.2) is 46.9 Å². The Labute approximate surface area is 161 Å². The van der Waals surface area contributed by atoms with E-state index < -0.39 is 10.0 Å². The van der Waals surface area contributed by atoms with Gasteiger partial charge in [0.15, 0.2) is 0 Å². The second-order valence-corrected chi connectivity index (χ2v) is 8.33. The molecule has 0 saturated carbocycles. The van der Waals surface area contributed by atoms with Gasteiger partial charge in [0.25, 0.3) is 15.9 Å². The van der Waals surface area contributed by atoms with E-state index in [9.17, 15) is 13.2 Å². The number of nitrogens with one attached hydrogen (secondary N) is 1. The molecule has 2 rings (SSSR count). The third-order valence-electron chi connectivity index (χ3n) is 4.24. The van der Waals surface area contributed by atoms with E-state index in [1.165, 1.54) is 12.1 Å². The van der Waals surface area contributed by atoms with Crippen LogP contribution in [0.5, 0.6) is 0 Å². The fourth-order valence-electron chi connectivity index (χ4n) is 2.54. The Bertz CT molecular complexity index is 860. The van der Waals surface area contributed by atoms with E-state index in [1.807, 2.05) is 31.1 Å². The minimum atomic E-state index is -3.71. The number of carbonyl (C=O) groups excluding carboxylic acids is 1. The highest BCUT2D eigenvalue weighted by Crippen LogP contribution is 2.20. The number of nitrogens with zero attached hydrogens (tertiary/aromatic N) is 2. The van der Waals surface area contributed by atoms with Crippen LogP contribution in [0.15, 0.2) is 53.4 Å². The van der Waals surface area contributed by atoms with Crippen molar-refractivity contribution in [3.05, 3.63) is 54.1 Å². The van der Waals surface area contributed by atoms with E-state index in [0.29, 0.717) is 17.8 Å². The van der Waals surface area contributed by atoms with Crippen LogP contribution in [0.2, 0.25) is 0 Å². The maximum atomic E-state index is 12.6. The Morgan fingerprint density at radius 3 is 2.07 bits per heavy atom. The zero-order valence-electron chi connectivity index (χ0n) is 16.3. The van der Waals surface area contributed by atoms with Gasteiger partial charge in [-0.15, -0.1) is 0 Å². The first-order chi connectivity index (χ1) is 12.7. The molecule has 0 aliphatic rings. The first kappa shape index (κ1) is 20.8. The Hall–Kier alpha value is -2.54. The predicted molar refractivity (Wildman–Crippen MR) is 110 cm³/mol. The van der Waals surface area contributed by atoms with Gasteiger partial charge in [-0.3, -0.25) is 9.52 Å². The number of anilines is 2. The van der Waals surface area contributed by atoms with E-state index in [0.717, 1.165) is 18.5 Å². The number of unbranched alkanes of at least 4 members (excludes halogenated alkanes) is 1. The summed E-state index contributed by atoms with van der Waals surface area (Å²) in [4.78, 5) is 16.1. The molecular formula is C20H27N3O3S. The van der Waals surface area contributed by atoms with Crippen LogP contribution in [0.3, 0.4) is 0 Å². The fourth-order valence-corrected chi connectivity index (χ4v) is 3.59. The zero-order chi connectivity index (χ0) is 20.0.